The maximum Gasteiger partial charge on any atom is 0.243 e. The number of aromatic amines is 1. The van der Waals surface area contributed by atoms with Gasteiger partial charge in [0.25, 0.3) is 0 Å². The fraction of sp³-hybridized carbons (Fsp3) is 0.529. The van der Waals surface area contributed by atoms with Crippen LogP contribution >= 0.6 is 12.2 Å². The van der Waals surface area contributed by atoms with Gasteiger partial charge in [0.2, 0.25) is 10.0 Å². The van der Waals surface area contributed by atoms with Crippen molar-refractivity contribution in [2.24, 2.45) is 0 Å². The lowest BCUT2D eigenvalue weighted by atomic mass is 10.2. The molecule has 1 atom stereocenters. The Bertz CT molecular complexity index is 922. The van der Waals surface area contributed by atoms with Crippen LogP contribution in [0.25, 0.3) is 11.4 Å². The highest BCUT2D eigenvalue weighted by Crippen LogP contribution is 2.25. The summed E-state index contributed by atoms with van der Waals surface area (Å²) in [5.74, 6) is 0.704. The van der Waals surface area contributed by atoms with Crippen molar-refractivity contribution in [2.45, 2.75) is 43.2 Å². The van der Waals surface area contributed by atoms with Crippen LogP contribution in [0.4, 0.5) is 0 Å². The van der Waals surface area contributed by atoms with Gasteiger partial charge in [0.15, 0.2) is 10.6 Å². The largest absolute Gasteiger partial charge is 0.376 e. The predicted molar refractivity (Wildman–Crippen MR) is 99.8 cm³/mol. The summed E-state index contributed by atoms with van der Waals surface area (Å²) in [5.41, 5.74) is 0.829. The van der Waals surface area contributed by atoms with Crippen molar-refractivity contribution in [3.63, 3.8) is 0 Å². The standard InChI is InChI=1S/C17H22N4O3S2/c22-26(23,20-9-1-2-10-20)15-7-5-13(6-8-15)16-18-19-17(25)21(16)12-14-4-3-11-24-14/h5-8,14H,1-4,9-12H2,(H,19,25)/t14-/m1/s1. The number of rotatable bonds is 5. The number of nitrogens with zero attached hydrogens (tertiary/aromatic N) is 3. The van der Waals surface area contributed by atoms with Gasteiger partial charge in [-0.15, -0.1) is 0 Å². The van der Waals surface area contributed by atoms with Gasteiger partial charge >= 0.3 is 0 Å². The number of sulfonamides is 1. The molecule has 1 N–H and O–H groups in total. The monoisotopic (exact) mass is 394 g/mol. The zero-order chi connectivity index (χ0) is 18.1. The maximum atomic E-state index is 12.6. The molecule has 2 aliphatic heterocycles. The van der Waals surface area contributed by atoms with Crippen LogP contribution < -0.4 is 0 Å². The molecule has 4 rings (SSSR count). The number of benzene rings is 1. The number of H-pyrrole nitrogens is 1. The molecule has 0 radical (unpaired) electrons. The van der Waals surface area contributed by atoms with Gasteiger partial charge in [-0.05, 0) is 62.2 Å². The predicted octanol–water partition coefficient (Wildman–Crippen LogP) is 2.57. The SMILES string of the molecule is O=S(=O)(c1ccc(-c2n[nH]c(=S)n2C[C@H]2CCCO2)cc1)N1CCCC1. The highest BCUT2D eigenvalue weighted by Gasteiger charge is 2.27. The first-order valence-electron chi connectivity index (χ1n) is 8.93. The zero-order valence-electron chi connectivity index (χ0n) is 14.4. The Balaban J connectivity index is 1.60. The lowest BCUT2D eigenvalue weighted by molar-refractivity contribution is 0.0970. The summed E-state index contributed by atoms with van der Waals surface area (Å²) < 4.78 is 35.0. The molecule has 0 bridgehead atoms. The van der Waals surface area contributed by atoms with Crippen LogP contribution in [0.2, 0.25) is 0 Å². The average molecular weight is 395 g/mol. The molecule has 0 aliphatic carbocycles. The van der Waals surface area contributed by atoms with Gasteiger partial charge in [0.05, 0.1) is 17.5 Å². The van der Waals surface area contributed by atoms with Crippen molar-refractivity contribution < 1.29 is 13.2 Å². The molecule has 0 saturated carbocycles. The minimum Gasteiger partial charge on any atom is -0.376 e. The second kappa shape index (κ2) is 7.22. The van der Waals surface area contributed by atoms with Crippen molar-refractivity contribution in [1.29, 1.82) is 0 Å². The van der Waals surface area contributed by atoms with Crippen LogP contribution in [0.3, 0.4) is 0 Å². The molecule has 26 heavy (non-hydrogen) atoms. The number of ether oxygens (including phenoxy) is 1. The van der Waals surface area contributed by atoms with Gasteiger partial charge in [0, 0.05) is 25.3 Å². The molecular formula is C17H22N4O3S2. The second-order valence-electron chi connectivity index (χ2n) is 6.73. The Morgan fingerprint density at radius 3 is 2.58 bits per heavy atom. The molecule has 2 fully saturated rings. The van der Waals surface area contributed by atoms with Crippen LogP contribution in [0.5, 0.6) is 0 Å². The summed E-state index contributed by atoms with van der Waals surface area (Å²) in [6, 6.07) is 6.88. The van der Waals surface area contributed by atoms with E-state index >= 15 is 0 Å². The molecule has 2 aromatic rings. The molecule has 3 heterocycles. The Morgan fingerprint density at radius 1 is 1.19 bits per heavy atom. The Labute approximate surface area is 158 Å². The second-order valence-corrected chi connectivity index (χ2v) is 9.06. The first kappa shape index (κ1) is 17.8. The lowest BCUT2D eigenvalue weighted by Crippen LogP contribution is -2.27. The summed E-state index contributed by atoms with van der Waals surface area (Å²) in [6.07, 6.45) is 4.08. The van der Waals surface area contributed by atoms with E-state index in [-0.39, 0.29) is 6.10 Å². The van der Waals surface area contributed by atoms with Gasteiger partial charge in [0.1, 0.15) is 0 Å². The highest BCUT2D eigenvalue weighted by molar-refractivity contribution is 7.89. The third-order valence-electron chi connectivity index (χ3n) is 4.98. The molecule has 0 unspecified atom stereocenters. The van der Waals surface area contributed by atoms with Crippen molar-refractivity contribution in [2.75, 3.05) is 19.7 Å². The molecular weight excluding hydrogens is 372 g/mol. The van der Waals surface area contributed by atoms with Gasteiger partial charge in [-0.1, -0.05) is 0 Å². The molecule has 1 aromatic heterocycles. The molecule has 9 heteroatoms. The first-order valence-corrected chi connectivity index (χ1v) is 10.8. The number of nitrogens with one attached hydrogen (secondary N) is 1. The van der Waals surface area contributed by atoms with Crippen LogP contribution in [0, 0.1) is 4.77 Å². The van der Waals surface area contributed by atoms with Gasteiger partial charge in [-0.3, -0.25) is 9.67 Å². The molecule has 7 nitrogen and oxygen atoms in total. The van der Waals surface area contributed by atoms with Crippen LogP contribution in [-0.2, 0) is 21.3 Å². The van der Waals surface area contributed by atoms with E-state index < -0.39 is 10.0 Å². The van der Waals surface area contributed by atoms with E-state index in [0.29, 0.717) is 35.1 Å². The molecule has 0 spiro atoms. The van der Waals surface area contributed by atoms with Crippen LogP contribution in [0.15, 0.2) is 29.2 Å². The Hall–Kier alpha value is -1.55. The molecule has 0 amide bonds. The third kappa shape index (κ3) is 3.36. The van der Waals surface area contributed by atoms with Crippen molar-refractivity contribution in [3.8, 4) is 11.4 Å². The van der Waals surface area contributed by atoms with E-state index in [1.165, 1.54) is 0 Å². The zero-order valence-corrected chi connectivity index (χ0v) is 16.1. The summed E-state index contributed by atoms with van der Waals surface area (Å²) in [5, 5.41) is 7.16. The normalized spacial score (nSPS) is 21.5. The number of hydrogen-bond acceptors (Lipinski definition) is 5. The maximum absolute atomic E-state index is 12.6. The van der Waals surface area contributed by atoms with Gasteiger partial charge < -0.3 is 4.74 Å². The molecule has 1 aromatic carbocycles. The van der Waals surface area contributed by atoms with Crippen molar-refractivity contribution >= 4 is 22.2 Å². The number of hydrogen-bond donors (Lipinski definition) is 1. The van der Waals surface area contributed by atoms with Gasteiger partial charge in [-0.25, -0.2) is 8.42 Å². The van der Waals surface area contributed by atoms with Gasteiger partial charge in [-0.2, -0.15) is 9.40 Å². The Kier molecular flexibility index (Phi) is 4.96. The fourth-order valence-corrected chi connectivity index (χ4v) is 5.28. The van der Waals surface area contributed by atoms with E-state index in [0.717, 1.165) is 37.9 Å². The van der Waals surface area contributed by atoms with E-state index in [2.05, 4.69) is 10.2 Å². The average Bonchev–Trinajstić information content (AvgIpc) is 3.39. The molecule has 2 saturated heterocycles. The van der Waals surface area contributed by atoms with E-state index in [1.807, 2.05) is 4.57 Å². The quantitative estimate of drug-likeness (QED) is 0.789. The summed E-state index contributed by atoms with van der Waals surface area (Å²) in [4.78, 5) is 0.322. The number of aromatic nitrogens is 3. The lowest BCUT2D eigenvalue weighted by Gasteiger charge is -2.16. The summed E-state index contributed by atoms with van der Waals surface area (Å²) >= 11 is 5.35. The molecule has 2 aliphatic rings. The topological polar surface area (TPSA) is 80.2 Å². The van der Waals surface area contributed by atoms with E-state index in [4.69, 9.17) is 17.0 Å². The van der Waals surface area contributed by atoms with Crippen molar-refractivity contribution in [1.82, 2.24) is 19.1 Å². The van der Waals surface area contributed by atoms with Crippen molar-refractivity contribution in [3.05, 3.63) is 29.0 Å². The van der Waals surface area contributed by atoms with E-state index in [1.54, 1.807) is 28.6 Å². The smallest absolute Gasteiger partial charge is 0.243 e. The Morgan fingerprint density at radius 2 is 1.92 bits per heavy atom. The molecule has 140 valence electrons. The minimum absolute atomic E-state index is 0.146. The summed E-state index contributed by atoms with van der Waals surface area (Å²) in [7, 11) is -3.40. The minimum atomic E-state index is -3.40. The summed E-state index contributed by atoms with van der Waals surface area (Å²) in [6.45, 7) is 2.64. The fourth-order valence-electron chi connectivity index (χ4n) is 3.55. The van der Waals surface area contributed by atoms with Crippen LogP contribution in [-0.4, -0.2) is 53.3 Å². The van der Waals surface area contributed by atoms with Crippen LogP contribution in [0.1, 0.15) is 25.7 Å². The highest BCUT2D eigenvalue weighted by atomic mass is 32.2. The first-order chi connectivity index (χ1) is 12.6. The third-order valence-corrected chi connectivity index (χ3v) is 7.21. The van der Waals surface area contributed by atoms with E-state index in [9.17, 15) is 8.42 Å².